The molecule has 0 saturated heterocycles. The van der Waals surface area contributed by atoms with Gasteiger partial charge >= 0.3 is 0 Å². The summed E-state index contributed by atoms with van der Waals surface area (Å²) in [7, 11) is -0.860. The Kier molecular flexibility index (Phi) is 6.58. The Morgan fingerprint density at radius 2 is 1.72 bits per heavy atom. The number of hydrogen-bond acceptors (Lipinski definition) is 2. The molecule has 0 bridgehead atoms. The normalized spacial score (nSPS) is 14.7. The fourth-order valence-electron chi connectivity index (χ4n) is 1.82. The van der Waals surface area contributed by atoms with Crippen LogP contribution in [0.25, 0.3) is 0 Å². The third kappa shape index (κ3) is 5.32. The molecule has 1 aromatic rings. The second-order valence-electron chi connectivity index (χ2n) is 5.25. The van der Waals surface area contributed by atoms with E-state index in [-0.39, 0.29) is 6.04 Å². The molecular formula is C15H25NOS. The number of hydrogen-bond donors (Lipinski definition) is 1. The standard InChI is InChI=1S/C15H25NOS/c1-12(2)14-7-9-15(10-8-14)18(17)11-5-4-6-13(3)16/h7-10,12-13H,4-6,11,16H2,1-3H3. The average Bonchev–Trinajstić information content (AvgIpc) is 2.34. The van der Waals surface area contributed by atoms with Crippen LogP contribution in [0.1, 0.15) is 51.5 Å². The topological polar surface area (TPSA) is 43.1 Å². The summed E-state index contributed by atoms with van der Waals surface area (Å²) in [4.78, 5) is 0.945. The van der Waals surface area contributed by atoms with Crippen molar-refractivity contribution in [2.45, 2.75) is 56.9 Å². The molecule has 2 N–H and O–H groups in total. The Morgan fingerprint density at radius 3 is 2.22 bits per heavy atom. The van der Waals surface area contributed by atoms with Crippen LogP contribution in [-0.4, -0.2) is 16.0 Å². The Balaban J connectivity index is 2.42. The lowest BCUT2D eigenvalue weighted by atomic mass is 10.0. The van der Waals surface area contributed by atoms with E-state index < -0.39 is 10.8 Å². The quantitative estimate of drug-likeness (QED) is 0.769. The third-order valence-electron chi connectivity index (χ3n) is 3.05. The lowest BCUT2D eigenvalue weighted by Crippen LogP contribution is -2.14. The predicted octanol–water partition coefficient (Wildman–Crippen LogP) is 3.44. The van der Waals surface area contributed by atoms with Gasteiger partial charge in [0.05, 0.1) is 10.8 Å². The highest BCUT2D eigenvalue weighted by Crippen LogP contribution is 2.17. The van der Waals surface area contributed by atoms with Crippen molar-refractivity contribution in [1.29, 1.82) is 0 Å². The van der Waals surface area contributed by atoms with Gasteiger partial charge in [-0.2, -0.15) is 0 Å². The molecule has 3 heteroatoms. The number of unbranched alkanes of at least 4 members (excludes halogenated alkanes) is 1. The molecule has 18 heavy (non-hydrogen) atoms. The van der Waals surface area contributed by atoms with Gasteiger partial charge in [-0.15, -0.1) is 0 Å². The molecule has 2 nitrogen and oxygen atoms in total. The molecule has 0 aliphatic carbocycles. The number of benzene rings is 1. The summed E-state index contributed by atoms with van der Waals surface area (Å²) in [5, 5.41) is 0. The van der Waals surface area contributed by atoms with E-state index in [1.54, 1.807) is 0 Å². The van der Waals surface area contributed by atoms with Gasteiger partial charge in [-0.25, -0.2) is 0 Å². The fraction of sp³-hybridized carbons (Fsp3) is 0.600. The zero-order chi connectivity index (χ0) is 13.5. The first-order valence-electron chi connectivity index (χ1n) is 6.74. The highest BCUT2D eigenvalue weighted by molar-refractivity contribution is 7.85. The maximum absolute atomic E-state index is 12.1. The Hall–Kier alpha value is -0.670. The average molecular weight is 267 g/mol. The van der Waals surface area contributed by atoms with Crippen LogP contribution in [0, 0.1) is 0 Å². The van der Waals surface area contributed by atoms with Crippen LogP contribution in [-0.2, 0) is 10.8 Å². The summed E-state index contributed by atoms with van der Waals surface area (Å²) < 4.78 is 12.1. The maximum Gasteiger partial charge on any atom is 0.0529 e. The van der Waals surface area contributed by atoms with E-state index in [9.17, 15) is 4.21 Å². The van der Waals surface area contributed by atoms with E-state index in [1.807, 2.05) is 19.1 Å². The molecule has 0 aromatic heterocycles. The molecule has 0 amide bonds. The summed E-state index contributed by atoms with van der Waals surface area (Å²) >= 11 is 0. The number of rotatable bonds is 7. The summed E-state index contributed by atoms with van der Waals surface area (Å²) in [6.45, 7) is 6.35. The van der Waals surface area contributed by atoms with Crippen LogP contribution in [0.5, 0.6) is 0 Å². The first-order valence-corrected chi connectivity index (χ1v) is 8.06. The van der Waals surface area contributed by atoms with Crippen molar-refractivity contribution in [3.05, 3.63) is 29.8 Å². The van der Waals surface area contributed by atoms with Crippen LogP contribution >= 0.6 is 0 Å². The van der Waals surface area contributed by atoms with Crippen molar-refractivity contribution < 1.29 is 4.21 Å². The van der Waals surface area contributed by atoms with Crippen molar-refractivity contribution in [1.82, 2.24) is 0 Å². The number of nitrogens with two attached hydrogens (primary N) is 1. The summed E-state index contributed by atoms with van der Waals surface area (Å²) in [6.07, 6.45) is 3.07. The molecule has 2 unspecified atom stereocenters. The van der Waals surface area contributed by atoms with Crippen LogP contribution in [0.3, 0.4) is 0 Å². The molecule has 1 aromatic carbocycles. The first kappa shape index (κ1) is 15.4. The van der Waals surface area contributed by atoms with Gasteiger partial charge in [0, 0.05) is 16.7 Å². The Morgan fingerprint density at radius 1 is 1.11 bits per heavy atom. The largest absolute Gasteiger partial charge is 0.328 e. The SMILES string of the molecule is CC(N)CCCCS(=O)c1ccc(C(C)C)cc1. The van der Waals surface area contributed by atoms with Gasteiger partial charge in [0.15, 0.2) is 0 Å². The van der Waals surface area contributed by atoms with Gasteiger partial charge in [-0.1, -0.05) is 32.4 Å². The van der Waals surface area contributed by atoms with Gasteiger partial charge < -0.3 is 5.73 Å². The predicted molar refractivity (Wildman–Crippen MR) is 79.3 cm³/mol. The minimum absolute atomic E-state index is 0.253. The fourth-order valence-corrected chi connectivity index (χ4v) is 2.96. The van der Waals surface area contributed by atoms with Crippen molar-refractivity contribution in [3.63, 3.8) is 0 Å². The molecule has 0 aliphatic rings. The van der Waals surface area contributed by atoms with E-state index >= 15 is 0 Å². The molecular weight excluding hydrogens is 242 g/mol. The Bertz CT molecular complexity index is 371. The molecule has 0 radical (unpaired) electrons. The zero-order valence-electron chi connectivity index (χ0n) is 11.7. The van der Waals surface area contributed by atoms with Gasteiger partial charge in [0.1, 0.15) is 0 Å². The minimum atomic E-state index is -0.860. The molecule has 0 fully saturated rings. The maximum atomic E-state index is 12.1. The van der Waals surface area contributed by atoms with E-state index in [0.29, 0.717) is 5.92 Å². The molecule has 0 saturated carbocycles. The van der Waals surface area contributed by atoms with Crippen molar-refractivity contribution in [2.24, 2.45) is 5.73 Å². The van der Waals surface area contributed by atoms with Crippen molar-refractivity contribution in [3.8, 4) is 0 Å². The molecule has 0 heterocycles. The van der Waals surface area contributed by atoms with Crippen molar-refractivity contribution in [2.75, 3.05) is 5.75 Å². The van der Waals surface area contributed by atoms with Crippen LogP contribution in [0.2, 0.25) is 0 Å². The lowest BCUT2D eigenvalue weighted by molar-refractivity contribution is 0.613. The summed E-state index contributed by atoms with van der Waals surface area (Å²) in [5.41, 5.74) is 6.99. The second-order valence-corrected chi connectivity index (χ2v) is 6.82. The highest BCUT2D eigenvalue weighted by Gasteiger charge is 2.05. The molecule has 1 rings (SSSR count). The van der Waals surface area contributed by atoms with Crippen LogP contribution in [0.15, 0.2) is 29.2 Å². The monoisotopic (exact) mass is 267 g/mol. The summed E-state index contributed by atoms with van der Waals surface area (Å²) in [5.74, 6) is 1.27. The van der Waals surface area contributed by atoms with Gasteiger partial charge in [-0.05, 0) is 43.4 Å². The van der Waals surface area contributed by atoms with Gasteiger partial charge in [0.25, 0.3) is 0 Å². The van der Waals surface area contributed by atoms with Crippen molar-refractivity contribution >= 4 is 10.8 Å². The Labute approximate surface area is 113 Å². The molecule has 102 valence electrons. The lowest BCUT2D eigenvalue weighted by Gasteiger charge is -2.07. The van der Waals surface area contributed by atoms with Crippen LogP contribution in [0.4, 0.5) is 0 Å². The smallest absolute Gasteiger partial charge is 0.0529 e. The zero-order valence-corrected chi connectivity index (χ0v) is 12.5. The molecule has 0 aliphatic heterocycles. The van der Waals surface area contributed by atoms with Crippen LogP contribution < -0.4 is 5.73 Å². The molecule has 0 spiro atoms. The highest BCUT2D eigenvalue weighted by atomic mass is 32.2. The van der Waals surface area contributed by atoms with E-state index in [2.05, 4.69) is 26.0 Å². The van der Waals surface area contributed by atoms with Gasteiger partial charge in [0.2, 0.25) is 0 Å². The molecule has 2 atom stereocenters. The van der Waals surface area contributed by atoms with E-state index in [4.69, 9.17) is 5.73 Å². The van der Waals surface area contributed by atoms with Gasteiger partial charge in [-0.3, -0.25) is 4.21 Å². The van der Waals surface area contributed by atoms with E-state index in [1.165, 1.54) is 5.56 Å². The minimum Gasteiger partial charge on any atom is -0.328 e. The second kappa shape index (κ2) is 7.70. The third-order valence-corrected chi connectivity index (χ3v) is 4.51. The summed E-state index contributed by atoms with van der Waals surface area (Å²) in [6, 6.07) is 8.41. The first-order chi connectivity index (χ1) is 8.50. The van der Waals surface area contributed by atoms with E-state index in [0.717, 1.165) is 29.9 Å².